The Kier molecular flexibility index (Phi) is 2.64. The lowest BCUT2D eigenvalue weighted by molar-refractivity contribution is 0.111. The van der Waals surface area contributed by atoms with Gasteiger partial charge in [-0.2, -0.15) is 0 Å². The minimum atomic E-state index is 0.757. The number of rotatable bonds is 1. The molecule has 1 aromatic carbocycles. The fraction of sp³-hybridized carbons (Fsp3) is 0.417. The Labute approximate surface area is 105 Å². The lowest BCUT2D eigenvalue weighted by atomic mass is 10.2. The van der Waals surface area contributed by atoms with Crippen molar-refractivity contribution in [2.45, 2.75) is 6.92 Å². The lowest BCUT2D eigenvalue weighted by Crippen LogP contribution is -2.43. The van der Waals surface area contributed by atoms with Crippen LogP contribution in [0.1, 0.15) is 5.56 Å². The molecule has 2 heterocycles. The molecule has 1 aliphatic rings. The summed E-state index contributed by atoms with van der Waals surface area (Å²) in [4.78, 5) is 3.26. The molecule has 1 aromatic heterocycles. The van der Waals surface area contributed by atoms with Crippen LogP contribution in [0.25, 0.3) is 11.0 Å². The number of fused-ring (bicyclic) bond motifs is 1. The number of hydrogen-bond donors (Lipinski definition) is 1. The minimum Gasteiger partial charge on any atom is -0.378 e. The maximum atomic E-state index is 5.40. The average Bonchev–Trinajstić information content (AvgIpc) is 2.65. The Bertz CT molecular complexity index is 595. The Hall–Kier alpha value is -1.33. The summed E-state index contributed by atoms with van der Waals surface area (Å²) in [6.07, 6.45) is 0. The molecule has 2 aromatic rings. The van der Waals surface area contributed by atoms with Crippen molar-refractivity contribution in [3.63, 3.8) is 0 Å². The van der Waals surface area contributed by atoms with Crippen molar-refractivity contribution in [2.75, 3.05) is 31.3 Å². The third-order valence-electron chi connectivity index (χ3n) is 3.08. The van der Waals surface area contributed by atoms with E-state index in [-0.39, 0.29) is 0 Å². The van der Waals surface area contributed by atoms with Gasteiger partial charge in [-0.05, 0) is 36.8 Å². The van der Waals surface area contributed by atoms with Crippen LogP contribution in [0.2, 0.25) is 0 Å². The summed E-state index contributed by atoms with van der Waals surface area (Å²) in [5.41, 5.74) is 3.48. The van der Waals surface area contributed by atoms with Gasteiger partial charge < -0.3 is 14.7 Å². The Morgan fingerprint density at radius 3 is 2.82 bits per heavy atom. The van der Waals surface area contributed by atoms with Crippen LogP contribution in [0.15, 0.2) is 18.2 Å². The molecule has 0 saturated carbocycles. The quantitative estimate of drug-likeness (QED) is 0.785. The molecule has 90 valence electrons. The van der Waals surface area contributed by atoms with E-state index < -0.39 is 0 Å². The largest absolute Gasteiger partial charge is 0.378 e. The average molecular weight is 249 g/mol. The summed E-state index contributed by atoms with van der Waals surface area (Å²) >= 11 is 5.40. The zero-order valence-corrected chi connectivity index (χ0v) is 10.6. The van der Waals surface area contributed by atoms with Crippen molar-refractivity contribution >= 4 is 23.3 Å². The summed E-state index contributed by atoms with van der Waals surface area (Å²) < 4.78 is 8.22. The zero-order chi connectivity index (χ0) is 11.8. The molecule has 0 atom stereocenters. The van der Waals surface area contributed by atoms with Crippen LogP contribution >= 0.6 is 12.2 Å². The van der Waals surface area contributed by atoms with E-state index in [0.29, 0.717) is 0 Å². The normalized spacial score (nSPS) is 16.6. The summed E-state index contributed by atoms with van der Waals surface area (Å²) in [6.45, 7) is 5.38. The highest BCUT2D eigenvalue weighted by Crippen LogP contribution is 2.16. The van der Waals surface area contributed by atoms with Crippen LogP contribution in [0.5, 0.6) is 0 Å². The summed E-state index contributed by atoms with van der Waals surface area (Å²) in [5, 5.41) is 2.24. The molecular formula is C12H15N3OS. The number of nitrogens with zero attached hydrogens (tertiary/aromatic N) is 2. The Morgan fingerprint density at radius 2 is 2.06 bits per heavy atom. The van der Waals surface area contributed by atoms with Gasteiger partial charge in [0.15, 0.2) is 4.77 Å². The molecule has 0 radical (unpaired) electrons. The van der Waals surface area contributed by atoms with E-state index >= 15 is 0 Å². The number of aromatic amines is 1. The van der Waals surface area contributed by atoms with Crippen LogP contribution in [0, 0.1) is 11.7 Å². The smallest absolute Gasteiger partial charge is 0.197 e. The molecule has 5 heteroatoms. The second kappa shape index (κ2) is 4.16. The molecule has 1 N–H and O–H groups in total. The van der Waals surface area contributed by atoms with Gasteiger partial charge in [0.25, 0.3) is 0 Å². The van der Waals surface area contributed by atoms with E-state index in [1.807, 2.05) is 0 Å². The molecule has 0 spiro atoms. The van der Waals surface area contributed by atoms with Gasteiger partial charge in [-0.15, -0.1) is 0 Å². The third-order valence-corrected chi connectivity index (χ3v) is 3.36. The molecule has 0 bridgehead atoms. The number of benzene rings is 1. The van der Waals surface area contributed by atoms with E-state index in [1.165, 1.54) is 5.56 Å². The molecule has 1 fully saturated rings. The van der Waals surface area contributed by atoms with Crippen molar-refractivity contribution in [2.24, 2.45) is 0 Å². The van der Waals surface area contributed by atoms with E-state index in [2.05, 4.69) is 39.8 Å². The molecular weight excluding hydrogens is 234 g/mol. The molecule has 0 aliphatic carbocycles. The highest BCUT2D eigenvalue weighted by molar-refractivity contribution is 7.71. The van der Waals surface area contributed by atoms with Gasteiger partial charge in [0.1, 0.15) is 0 Å². The van der Waals surface area contributed by atoms with Gasteiger partial charge in [0, 0.05) is 0 Å². The number of H-pyrrole nitrogens is 1. The van der Waals surface area contributed by atoms with Crippen LogP contribution in [0.3, 0.4) is 0 Å². The van der Waals surface area contributed by atoms with Crippen LogP contribution in [-0.4, -0.2) is 36.0 Å². The Balaban J connectivity index is 2.14. The summed E-state index contributed by atoms with van der Waals surface area (Å²) in [7, 11) is 0. The third kappa shape index (κ3) is 1.85. The van der Waals surface area contributed by atoms with Gasteiger partial charge in [0.05, 0.1) is 37.3 Å². The minimum absolute atomic E-state index is 0.757. The van der Waals surface area contributed by atoms with Gasteiger partial charge in [-0.3, -0.25) is 0 Å². The van der Waals surface area contributed by atoms with E-state index in [9.17, 15) is 0 Å². The first-order valence-corrected chi connectivity index (χ1v) is 6.21. The van der Waals surface area contributed by atoms with Gasteiger partial charge >= 0.3 is 0 Å². The summed E-state index contributed by atoms with van der Waals surface area (Å²) in [6, 6.07) is 6.36. The number of nitrogens with one attached hydrogen (secondary N) is 1. The second-order valence-corrected chi connectivity index (χ2v) is 4.72. The standard InChI is InChI=1S/C12H15N3OS/c1-9-2-3-11-10(8-9)13-12(17)15(11)14-4-6-16-7-5-14/h2-3,8H,4-7H2,1H3,(H,13,17). The monoisotopic (exact) mass is 249 g/mol. The van der Waals surface area contributed by atoms with Gasteiger partial charge in [0.2, 0.25) is 0 Å². The highest BCUT2D eigenvalue weighted by atomic mass is 32.1. The number of imidazole rings is 1. The number of aromatic nitrogens is 2. The first-order valence-electron chi connectivity index (χ1n) is 5.80. The molecule has 3 rings (SSSR count). The van der Waals surface area contributed by atoms with Crippen LogP contribution < -0.4 is 5.01 Å². The van der Waals surface area contributed by atoms with Gasteiger partial charge in [-0.25, -0.2) is 4.68 Å². The number of ether oxygens (including phenoxy) is 1. The number of morpholine rings is 1. The van der Waals surface area contributed by atoms with E-state index in [4.69, 9.17) is 17.0 Å². The fourth-order valence-electron chi connectivity index (χ4n) is 2.25. The molecule has 17 heavy (non-hydrogen) atoms. The van der Waals surface area contributed by atoms with Crippen molar-refractivity contribution in [3.8, 4) is 0 Å². The molecule has 0 amide bonds. The van der Waals surface area contributed by atoms with E-state index in [1.54, 1.807) is 0 Å². The van der Waals surface area contributed by atoms with Crippen molar-refractivity contribution < 1.29 is 4.74 Å². The maximum absolute atomic E-state index is 5.40. The molecule has 1 aliphatic heterocycles. The van der Waals surface area contributed by atoms with Crippen molar-refractivity contribution in [3.05, 3.63) is 28.5 Å². The topological polar surface area (TPSA) is 33.2 Å². The lowest BCUT2D eigenvalue weighted by Gasteiger charge is -2.29. The Morgan fingerprint density at radius 1 is 1.29 bits per heavy atom. The predicted octanol–water partition coefficient (Wildman–Crippen LogP) is 1.98. The molecule has 4 nitrogen and oxygen atoms in total. The number of hydrogen-bond acceptors (Lipinski definition) is 3. The fourth-order valence-corrected chi connectivity index (χ4v) is 2.57. The summed E-state index contributed by atoms with van der Waals surface area (Å²) in [5.74, 6) is 0. The maximum Gasteiger partial charge on any atom is 0.197 e. The SMILES string of the molecule is Cc1ccc2c(c1)[nH]c(=S)n2N1CCOCC1. The van der Waals surface area contributed by atoms with Gasteiger partial charge in [-0.1, -0.05) is 6.07 Å². The predicted molar refractivity (Wildman–Crippen MR) is 70.6 cm³/mol. The van der Waals surface area contributed by atoms with E-state index in [0.717, 1.165) is 42.1 Å². The van der Waals surface area contributed by atoms with Crippen LogP contribution in [-0.2, 0) is 4.74 Å². The zero-order valence-electron chi connectivity index (χ0n) is 9.77. The molecule has 1 saturated heterocycles. The second-order valence-electron chi connectivity index (χ2n) is 4.33. The first-order chi connectivity index (χ1) is 8.25. The van der Waals surface area contributed by atoms with Crippen molar-refractivity contribution in [1.29, 1.82) is 0 Å². The first kappa shape index (κ1) is 10.8. The highest BCUT2D eigenvalue weighted by Gasteiger charge is 2.14. The number of aryl methyl sites for hydroxylation is 1. The molecule has 0 unspecified atom stereocenters. The van der Waals surface area contributed by atoms with Crippen LogP contribution in [0.4, 0.5) is 0 Å². The van der Waals surface area contributed by atoms with Crippen molar-refractivity contribution in [1.82, 2.24) is 9.66 Å².